The predicted octanol–water partition coefficient (Wildman–Crippen LogP) is 3.63. The largest absolute Gasteiger partial charge is 0.375 e. The number of alkyl halides is 1. The maximum atomic E-state index is 14.6. The van der Waals surface area contributed by atoms with Gasteiger partial charge in [0.05, 0.1) is 29.4 Å². The molecular weight excluding hydrogens is 416 g/mol. The average Bonchev–Trinajstić information content (AvgIpc) is 3.06. The quantitative estimate of drug-likeness (QED) is 0.634. The number of nitrogens with zero attached hydrogens (tertiary/aromatic N) is 2. The third kappa shape index (κ3) is 4.85. The van der Waals surface area contributed by atoms with Crippen LogP contribution in [-0.2, 0) is 11.2 Å². The van der Waals surface area contributed by atoms with Crippen LogP contribution in [0.2, 0.25) is 0 Å². The number of carbonyl (C=O) groups excluding carboxylic acids is 1. The van der Waals surface area contributed by atoms with Crippen molar-refractivity contribution in [3.05, 3.63) is 75.5 Å². The Morgan fingerprint density at radius 1 is 1.16 bits per heavy atom. The second-order valence-corrected chi connectivity index (χ2v) is 7.94. The summed E-state index contributed by atoms with van der Waals surface area (Å²) in [5, 5.41) is 7.92. The number of benzene rings is 2. The van der Waals surface area contributed by atoms with Gasteiger partial charge in [0.2, 0.25) is 0 Å². The molecule has 8 heteroatoms. The Kier molecular flexibility index (Phi) is 6.90. The molecule has 2 aromatic carbocycles. The summed E-state index contributed by atoms with van der Waals surface area (Å²) in [5.41, 5.74) is 1.11. The highest BCUT2D eigenvalue weighted by Gasteiger charge is 2.24. The van der Waals surface area contributed by atoms with Crippen LogP contribution in [0, 0.1) is 5.82 Å². The number of aromatic nitrogens is 2. The van der Waals surface area contributed by atoms with Gasteiger partial charge in [0.25, 0.3) is 11.5 Å². The number of rotatable bonds is 6. The minimum atomic E-state index is -0.576. The van der Waals surface area contributed by atoms with E-state index in [1.165, 1.54) is 6.07 Å². The van der Waals surface area contributed by atoms with Gasteiger partial charge < -0.3 is 9.64 Å². The smallest absolute Gasteiger partial charge is 0.272 e. The lowest BCUT2D eigenvalue weighted by Crippen LogP contribution is -2.33. The van der Waals surface area contributed by atoms with Crippen LogP contribution in [0.15, 0.2) is 47.3 Å². The van der Waals surface area contributed by atoms with E-state index in [9.17, 15) is 18.4 Å². The summed E-state index contributed by atoms with van der Waals surface area (Å²) in [7, 11) is 0. The number of amides is 1. The Bertz CT molecular complexity index is 1160. The summed E-state index contributed by atoms with van der Waals surface area (Å²) < 4.78 is 32.4. The van der Waals surface area contributed by atoms with Crippen molar-refractivity contribution >= 4 is 16.7 Å². The van der Waals surface area contributed by atoms with Gasteiger partial charge in [-0.05, 0) is 43.0 Å². The molecule has 1 atom stereocenters. The number of halogens is 2. The number of likely N-dealkylation sites (tertiary alicyclic amines) is 1. The summed E-state index contributed by atoms with van der Waals surface area (Å²) in [6.07, 6.45) is 2.32. The molecule has 0 bridgehead atoms. The van der Waals surface area contributed by atoms with E-state index >= 15 is 0 Å². The van der Waals surface area contributed by atoms with Crippen molar-refractivity contribution < 1.29 is 18.3 Å². The van der Waals surface area contributed by atoms with E-state index < -0.39 is 12.5 Å². The second-order valence-electron chi connectivity index (χ2n) is 7.94. The van der Waals surface area contributed by atoms with E-state index in [4.69, 9.17) is 4.74 Å². The highest BCUT2D eigenvalue weighted by atomic mass is 19.1. The van der Waals surface area contributed by atoms with Crippen LogP contribution in [0.1, 0.15) is 40.9 Å². The minimum absolute atomic E-state index is 0.0133. The van der Waals surface area contributed by atoms with Gasteiger partial charge >= 0.3 is 0 Å². The van der Waals surface area contributed by atoms with Gasteiger partial charge in [0, 0.05) is 24.9 Å². The molecule has 0 spiro atoms. The molecule has 6 nitrogen and oxygen atoms in total. The van der Waals surface area contributed by atoms with Crippen LogP contribution in [0.3, 0.4) is 0 Å². The van der Waals surface area contributed by atoms with E-state index in [1.807, 2.05) is 12.1 Å². The van der Waals surface area contributed by atoms with Crippen molar-refractivity contribution in [1.29, 1.82) is 0 Å². The molecule has 1 aliphatic rings. The Morgan fingerprint density at radius 3 is 2.78 bits per heavy atom. The lowest BCUT2D eigenvalue weighted by atomic mass is 10.0. The van der Waals surface area contributed by atoms with Gasteiger partial charge in [-0.2, -0.15) is 5.10 Å². The number of hydrogen-bond donors (Lipinski definition) is 1. The van der Waals surface area contributed by atoms with Crippen LogP contribution >= 0.6 is 0 Å². The van der Waals surface area contributed by atoms with E-state index in [-0.39, 0.29) is 29.7 Å². The van der Waals surface area contributed by atoms with Crippen molar-refractivity contribution in [2.24, 2.45) is 0 Å². The molecule has 3 aromatic rings. The zero-order chi connectivity index (χ0) is 22.5. The van der Waals surface area contributed by atoms with Crippen LogP contribution in [0.5, 0.6) is 0 Å². The molecule has 1 N–H and O–H groups in total. The fraction of sp³-hybridized carbons (Fsp3) is 0.375. The maximum Gasteiger partial charge on any atom is 0.272 e. The third-order valence-electron chi connectivity index (χ3n) is 5.80. The fourth-order valence-electron chi connectivity index (χ4n) is 4.16. The molecule has 1 aliphatic heterocycles. The number of nitrogens with one attached hydrogen (secondary N) is 1. The van der Waals surface area contributed by atoms with E-state index in [0.29, 0.717) is 37.0 Å². The average molecular weight is 441 g/mol. The Morgan fingerprint density at radius 2 is 1.97 bits per heavy atom. The maximum absolute atomic E-state index is 14.6. The van der Waals surface area contributed by atoms with Crippen LogP contribution in [-0.4, -0.2) is 53.5 Å². The first-order valence-electron chi connectivity index (χ1n) is 10.8. The first kappa shape index (κ1) is 22.1. The number of hydrogen-bond acceptors (Lipinski definition) is 4. The predicted molar refractivity (Wildman–Crippen MR) is 117 cm³/mol. The first-order chi connectivity index (χ1) is 15.6. The topological polar surface area (TPSA) is 75.3 Å². The fourth-order valence-corrected chi connectivity index (χ4v) is 4.16. The van der Waals surface area contributed by atoms with Gasteiger partial charge in [-0.3, -0.25) is 9.59 Å². The number of H-pyrrole nitrogens is 1. The Labute approximate surface area is 184 Å². The summed E-state index contributed by atoms with van der Waals surface area (Å²) >= 11 is 0. The van der Waals surface area contributed by atoms with Crippen molar-refractivity contribution in [1.82, 2.24) is 15.1 Å². The second kappa shape index (κ2) is 9.99. The van der Waals surface area contributed by atoms with Gasteiger partial charge in [0.15, 0.2) is 0 Å². The monoisotopic (exact) mass is 441 g/mol. The van der Waals surface area contributed by atoms with Gasteiger partial charge in [-0.25, -0.2) is 13.9 Å². The summed E-state index contributed by atoms with van der Waals surface area (Å²) in [5.74, 6) is -0.942. The van der Waals surface area contributed by atoms with E-state index in [0.717, 1.165) is 23.8 Å². The zero-order valence-electron chi connectivity index (χ0n) is 17.7. The van der Waals surface area contributed by atoms with Crippen LogP contribution in [0.25, 0.3) is 10.8 Å². The summed E-state index contributed by atoms with van der Waals surface area (Å²) in [4.78, 5) is 26.7. The van der Waals surface area contributed by atoms with E-state index in [1.54, 1.807) is 29.2 Å². The van der Waals surface area contributed by atoms with Crippen LogP contribution in [0.4, 0.5) is 8.78 Å². The Balaban J connectivity index is 1.54. The number of fused-ring (bicyclic) bond motifs is 1. The molecule has 0 aliphatic carbocycles. The molecule has 1 aromatic heterocycles. The van der Waals surface area contributed by atoms with Crippen molar-refractivity contribution in [2.45, 2.75) is 31.8 Å². The van der Waals surface area contributed by atoms with Crippen molar-refractivity contribution in [3.8, 4) is 0 Å². The third-order valence-corrected chi connectivity index (χ3v) is 5.80. The molecule has 1 saturated heterocycles. The molecule has 0 radical (unpaired) electrons. The molecular formula is C24H25F2N3O3. The number of carbonyl (C=O) groups is 1. The van der Waals surface area contributed by atoms with Gasteiger partial charge in [0.1, 0.15) is 12.5 Å². The molecule has 4 rings (SSSR count). The number of aromatic amines is 1. The zero-order valence-corrected chi connectivity index (χ0v) is 17.7. The normalized spacial score (nSPS) is 16.8. The molecule has 0 saturated carbocycles. The Hall–Kier alpha value is -3.13. The van der Waals surface area contributed by atoms with Crippen LogP contribution < -0.4 is 5.56 Å². The molecule has 32 heavy (non-hydrogen) atoms. The molecule has 2 heterocycles. The lowest BCUT2D eigenvalue weighted by molar-refractivity contribution is 0.0350. The molecule has 1 amide bonds. The molecule has 1 unspecified atom stereocenters. The summed E-state index contributed by atoms with van der Waals surface area (Å²) in [6, 6.07) is 11.6. The molecule has 168 valence electrons. The van der Waals surface area contributed by atoms with Crippen molar-refractivity contribution in [3.63, 3.8) is 0 Å². The highest BCUT2D eigenvalue weighted by molar-refractivity contribution is 5.94. The first-order valence-corrected chi connectivity index (χ1v) is 10.8. The van der Waals surface area contributed by atoms with Crippen molar-refractivity contribution in [2.75, 3.05) is 26.4 Å². The highest BCUT2D eigenvalue weighted by Crippen LogP contribution is 2.21. The lowest BCUT2D eigenvalue weighted by Gasteiger charge is -2.21. The van der Waals surface area contributed by atoms with Gasteiger partial charge in [-0.15, -0.1) is 0 Å². The SMILES string of the molecule is O=C(c1cc(Cc2n[nH]c(=O)c3ccccc23)ccc1F)N1CCCC(OCCF)CC1. The van der Waals surface area contributed by atoms with E-state index in [2.05, 4.69) is 10.2 Å². The summed E-state index contributed by atoms with van der Waals surface area (Å²) in [6.45, 7) is 0.467. The standard InChI is InChI=1S/C24H25F2N3O3/c25-10-13-32-17-4-3-11-29(12-9-17)24(31)20-14-16(7-8-21(20)26)15-22-18-5-1-2-6-19(18)23(30)28-27-22/h1-2,5-8,14,17H,3-4,9-13,15H2,(H,28,30). The number of ether oxygens (including phenoxy) is 1. The van der Waals surface area contributed by atoms with Gasteiger partial charge in [-0.1, -0.05) is 24.3 Å². The molecule has 1 fully saturated rings. The minimum Gasteiger partial charge on any atom is -0.375 e.